The van der Waals surface area contributed by atoms with Crippen LogP contribution in [0.1, 0.15) is 5.56 Å². The minimum Gasteiger partial charge on any atom is -0.394 e. The lowest BCUT2D eigenvalue weighted by molar-refractivity contribution is -0.485. The maximum absolute atomic E-state index is 12.4. The summed E-state index contributed by atoms with van der Waals surface area (Å²) in [6, 6.07) is 3.53. The van der Waals surface area contributed by atoms with E-state index in [0.717, 1.165) is 5.56 Å². The number of anilines is 1. The Labute approximate surface area is 146 Å². The molecule has 0 saturated carbocycles. The molecule has 3 aromatic rings. The van der Waals surface area contributed by atoms with Crippen molar-refractivity contribution < 1.29 is 24.5 Å². The summed E-state index contributed by atoms with van der Waals surface area (Å²) in [7, 11) is 0. The van der Waals surface area contributed by atoms with Gasteiger partial charge >= 0.3 is 5.65 Å². The molecule has 10 heteroatoms. The summed E-state index contributed by atoms with van der Waals surface area (Å²) >= 11 is 0. The molecule has 4 atom stereocenters. The molecule has 136 valence electrons. The first-order valence-electron chi connectivity index (χ1n) is 8.07. The number of hydrogen-bond donors (Lipinski definition) is 5. The Morgan fingerprint density at radius 1 is 1.31 bits per heavy atom. The van der Waals surface area contributed by atoms with Gasteiger partial charge in [0.1, 0.15) is 18.3 Å². The van der Waals surface area contributed by atoms with Crippen LogP contribution in [-0.2, 0) is 4.74 Å². The van der Waals surface area contributed by atoms with Crippen LogP contribution in [0.15, 0.2) is 29.5 Å². The van der Waals surface area contributed by atoms with E-state index < -0.39 is 31.1 Å². The van der Waals surface area contributed by atoms with Gasteiger partial charge in [-0.25, -0.2) is 0 Å². The van der Waals surface area contributed by atoms with E-state index in [9.17, 15) is 20.1 Å². The lowest BCUT2D eigenvalue weighted by Gasteiger charge is -2.16. The second kappa shape index (κ2) is 6.25. The minimum absolute atomic E-state index is 0.234. The third-order valence-corrected chi connectivity index (χ3v) is 4.44. The highest BCUT2D eigenvalue weighted by molar-refractivity contribution is 5.80. The third kappa shape index (κ3) is 2.59. The summed E-state index contributed by atoms with van der Waals surface area (Å²) < 4.78 is 7.06. The van der Waals surface area contributed by atoms with E-state index in [2.05, 4.69) is 20.3 Å². The first kappa shape index (κ1) is 16.8. The van der Waals surface area contributed by atoms with Crippen molar-refractivity contribution in [2.75, 3.05) is 11.9 Å². The standard InChI is InChI=1S/C16H17N5O5/c1-7-2-3-8-15(25)19-10-13(17-6-18-14(10)21(8)4-7)20-16-12(24)11(23)9(5-22)26-16/h2-4,6,9,11-12,16,22-25H,5H2,1H3/p+1. The summed E-state index contributed by atoms with van der Waals surface area (Å²) in [5.41, 5.74) is 1.86. The van der Waals surface area contributed by atoms with E-state index in [-0.39, 0.29) is 11.4 Å². The first-order chi connectivity index (χ1) is 12.5. The monoisotopic (exact) mass is 360 g/mol. The van der Waals surface area contributed by atoms with Crippen LogP contribution in [0, 0.1) is 6.92 Å². The van der Waals surface area contributed by atoms with Crippen LogP contribution in [0.5, 0.6) is 0 Å². The Kier molecular flexibility index (Phi) is 4.04. The fraction of sp³-hybridized carbons (Fsp3) is 0.375. The predicted molar refractivity (Wildman–Crippen MR) is 89.4 cm³/mol. The summed E-state index contributed by atoms with van der Waals surface area (Å²) in [5.74, 6) is 0.234. The lowest BCUT2D eigenvalue weighted by Crippen LogP contribution is -2.37. The molecule has 4 heterocycles. The van der Waals surface area contributed by atoms with Gasteiger partial charge in [0.25, 0.3) is 5.56 Å². The summed E-state index contributed by atoms with van der Waals surface area (Å²) in [6.07, 6.45) is -1.30. The normalized spacial score (nSPS) is 25.8. The number of aromatic nitrogens is 4. The third-order valence-electron chi connectivity index (χ3n) is 4.44. The number of fused-ring (bicyclic) bond motifs is 3. The molecule has 10 nitrogen and oxygen atoms in total. The Morgan fingerprint density at radius 2 is 2.12 bits per heavy atom. The molecule has 1 fully saturated rings. The quantitative estimate of drug-likeness (QED) is 0.272. The molecule has 0 aromatic carbocycles. The van der Waals surface area contributed by atoms with Crippen LogP contribution in [-0.4, -0.2) is 61.4 Å². The molecule has 0 bridgehead atoms. The average Bonchev–Trinajstić information content (AvgIpc) is 2.90. The van der Waals surface area contributed by atoms with Gasteiger partial charge in [-0.3, -0.25) is 4.79 Å². The number of nitrogens with one attached hydrogen (secondary N) is 2. The maximum atomic E-state index is 12.4. The van der Waals surface area contributed by atoms with E-state index in [1.807, 2.05) is 13.0 Å². The molecule has 0 radical (unpaired) electrons. The van der Waals surface area contributed by atoms with E-state index in [0.29, 0.717) is 16.7 Å². The number of pyridine rings is 1. The van der Waals surface area contributed by atoms with Gasteiger partial charge in [-0.15, -0.1) is 0 Å². The van der Waals surface area contributed by atoms with Gasteiger partial charge in [0.05, 0.1) is 12.8 Å². The number of ether oxygens (including phenoxy) is 1. The molecule has 4 rings (SSSR count). The SMILES string of the molecule is Cc1ccc2c(=O)[nH]c3c(NC4OC(CO)C(O)C4O)ncnc3[n+]2c1. The predicted octanol–water partition coefficient (Wildman–Crippen LogP) is -1.78. The molecule has 0 amide bonds. The number of aliphatic hydroxyl groups is 3. The number of aryl methyl sites for hydroxylation is 1. The first-order valence-corrected chi connectivity index (χ1v) is 8.07. The molecule has 1 aliphatic rings. The van der Waals surface area contributed by atoms with Crippen molar-refractivity contribution in [3.05, 3.63) is 40.6 Å². The average molecular weight is 360 g/mol. The molecule has 5 N–H and O–H groups in total. The van der Waals surface area contributed by atoms with E-state index in [1.54, 1.807) is 16.7 Å². The number of aliphatic hydroxyl groups excluding tert-OH is 3. The van der Waals surface area contributed by atoms with Crippen molar-refractivity contribution in [3.8, 4) is 0 Å². The number of nitrogens with zero attached hydrogens (tertiary/aromatic N) is 3. The topological polar surface area (TPSA) is 145 Å². The molecule has 0 aliphatic carbocycles. The van der Waals surface area contributed by atoms with Gasteiger partial charge < -0.3 is 30.4 Å². The number of aromatic amines is 1. The summed E-state index contributed by atoms with van der Waals surface area (Å²) in [4.78, 5) is 23.5. The van der Waals surface area contributed by atoms with Crippen LogP contribution < -0.4 is 15.3 Å². The fourth-order valence-electron chi connectivity index (χ4n) is 3.08. The zero-order chi connectivity index (χ0) is 18.4. The van der Waals surface area contributed by atoms with Gasteiger partial charge in [-0.1, -0.05) is 6.07 Å². The van der Waals surface area contributed by atoms with Crippen LogP contribution in [0.3, 0.4) is 0 Å². The smallest absolute Gasteiger partial charge is 0.357 e. The highest BCUT2D eigenvalue weighted by Gasteiger charge is 2.42. The second-order valence-electron chi connectivity index (χ2n) is 6.24. The zero-order valence-electron chi connectivity index (χ0n) is 13.8. The molecule has 4 unspecified atom stereocenters. The molecular weight excluding hydrogens is 342 g/mol. The van der Waals surface area contributed by atoms with Crippen LogP contribution >= 0.6 is 0 Å². The molecule has 26 heavy (non-hydrogen) atoms. The van der Waals surface area contributed by atoms with Gasteiger partial charge in [-0.05, 0) is 23.5 Å². The molecule has 1 aliphatic heterocycles. The Bertz CT molecular complexity index is 1040. The Hall–Kier alpha value is -2.66. The Balaban J connectivity index is 1.82. The highest BCUT2D eigenvalue weighted by atomic mass is 16.6. The molecule has 0 spiro atoms. The van der Waals surface area contributed by atoms with E-state index in [4.69, 9.17) is 4.74 Å². The highest BCUT2D eigenvalue weighted by Crippen LogP contribution is 2.24. The lowest BCUT2D eigenvalue weighted by atomic mass is 10.1. The number of H-pyrrole nitrogens is 1. The van der Waals surface area contributed by atoms with Gasteiger partial charge in [0.15, 0.2) is 23.1 Å². The number of hydrogen-bond acceptors (Lipinski definition) is 8. The largest absolute Gasteiger partial charge is 0.394 e. The van der Waals surface area contributed by atoms with Crippen molar-refractivity contribution in [2.24, 2.45) is 0 Å². The number of rotatable bonds is 3. The van der Waals surface area contributed by atoms with Crippen LogP contribution in [0.4, 0.5) is 5.82 Å². The molecule has 1 saturated heterocycles. The van der Waals surface area contributed by atoms with Gasteiger partial charge in [0.2, 0.25) is 6.33 Å². The van der Waals surface area contributed by atoms with Crippen LogP contribution in [0.25, 0.3) is 16.7 Å². The van der Waals surface area contributed by atoms with Crippen LogP contribution in [0.2, 0.25) is 0 Å². The summed E-state index contributed by atoms with van der Waals surface area (Å²) in [5, 5.41) is 32.0. The Morgan fingerprint density at radius 3 is 2.85 bits per heavy atom. The van der Waals surface area contributed by atoms with Gasteiger partial charge in [0, 0.05) is 0 Å². The second-order valence-corrected chi connectivity index (χ2v) is 6.24. The maximum Gasteiger partial charge on any atom is 0.357 e. The van der Waals surface area contributed by atoms with E-state index >= 15 is 0 Å². The molecular formula is C16H18N5O5+. The van der Waals surface area contributed by atoms with Crippen molar-refractivity contribution in [1.29, 1.82) is 0 Å². The minimum atomic E-state index is -1.26. The van der Waals surface area contributed by atoms with Crippen molar-refractivity contribution in [1.82, 2.24) is 15.0 Å². The van der Waals surface area contributed by atoms with Crippen molar-refractivity contribution in [2.45, 2.75) is 31.5 Å². The molecule has 3 aromatic heterocycles. The zero-order valence-corrected chi connectivity index (χ0v) is 13.8. The van der Waals surface area contributed by atoms with Crippen molar-refractivity contribution in [3.63, 3.8) is 0 Å². The van der Waals surface area contributed by atoms with E-state index in [1.165, 1.54) is 6.33 Å². The fourth-order valence-corrected chi connectivity index (χ4v) is 3.08. The van der Waals surface area contributed by atoms with Crippen molar-refractivity contribution >= 4 is 22.5 Å². The van der Waals surface area contributed by atoms with Gasteiger partial charge in [-0.2, -0.15) is 9.38 Å². The summed E-state index contributed by atoms with van der Waals surface area (Å²) in [6.45, 7) is 1.47.